The van der Waals surface area contributed by atoms with Crippen LogP contribution in [-0.2, 0) is 0 Å². The molecule has 0 N–H and O–H groups in total. The van der Waals surface area contributed by atoms with E-state index < -0.39 is 0 Å². The summed E-state index contributed by atoms with van der Waals surface area (Å²) in [6.07, 6.45) is 6.01. The maximum absolute atomic E-state index is 4.10. The van der Waals surface area contributed by atoms with Crippen molar-refractivity contribution >= 4 is 28.1 Å². The van der Waals surface area contributed by atoms with Crippen LogP contribution in [0.1, 0.15) is 16.7 Å². The lowest BCUT2D eigenvalue weighted by molar-refractivity contribution is 1.27. The van der Waals surface area contributed by atoms with Gasteiger partial charge in [-0.2, -0.15) is 0 Å². The van der Waals surface area contributed by atoms with Gasteiger partial charge >= 0.3 is 0 Å². The molecule has 1 heterocycles. The molecule has 80 valence electrons. The summed E-state index contributed by atoms with van der Waals surface area (Å²) < 4.78 is 0.861. The third-order valence-electron chi connectivity index (χ3n) is 2.39. The van der Waals surface area contributed by atoms with E-state index in [0.29, 0.717) is 0 Å². The lowest BCUT2D eigenvalue weighted by Crippen LogP contribution is -1.79. The fourth-order valence-electron chi connectivity index (χ4n) is 1.48. The molecule has 0 fully saturated rings. The monoisotopic (exact) mass is 273 g/mol. The standard InChI is InChI=1S/C14H12BrN/c1-11-4-2-3-5-13(11)7-6-12-8-9-16-14(15)10-12/h2-10H,1H3/b7-6+. The number of rotatable bonds is 2. The summed E-state index contributed by atoms with van der Waals surface area (Å²) in [6, 6.07) is 12.3. The van der Waals surface area contributed by atoms with E-state index in [9.17, 15) is 0 Å². The molecule has 0 aliphatic rings. The SMILES string of the molecule is Cc1ccccc1/C=C/c1ccnc(Br)c1. The van der Waals surface area contributed by atoms with Gasteiger partial charge in [-0.25, -0.2) is 4.98 Å². The molecule has 1 aromatic carbocycles. The summed E-state index contributed by atoms with van der Waals surface area (Å²) >= 11 is 3.36. The fraction of sp³-hybridized carbons (Fsp3) is 0.0714. The van der Waals surface area contributed by atoms with Crippen molar-refractivity contribution in [1.29, 1.82) is 0 Å². The molecule has 0 atom stereocenters. The molecule has 2 rings (SSSR count). The van der Waals surface area contributed by atoms with Gasteiger partial charge in [-0.15, -0.1) is 0 Å². The van der Waals surface area contributed by atoms with Crippen LogP contribution >= 0.6 is 15.9 Å². The Morgan fingerprint density at radius 2 is 1.94 bits per heavy atom. The van der Waals surface area contributed by atoms with Crippen LogP contribution in [-0.4, -0.2) is 4.98 Å². The van der Waals surface area contributed by atoms with Gasteiger partial charge in [0.15, 0.2) is 0 Å². The van der Waals surface area contributed by atoms with E-state index >= 15 is 0 Å². The summed E-state index contributed by atoms with van der Waals surface area (Å²) in [5.74, 6) is 0. The van der Waals surface area contributed by atoms with Crippen molar-refractivity contribution in [2.75, 3.05) is 0 Å². The Bertz CT molecular complexity index is 518. The zero-order chi connectivity index (χ0) is 11.4. The Morgan fingerprint density at radius 1 is 1.12 bits per heavy atom. The molecule has 0 aliphatic heterocycles. The van der Waals surface area contributed by atoms with E-state index in [1.807, 2.05) is 12.1 Å². The molecule has 0 saturated heterocycles. The predicted octanol–water partition coefficient (Wildman–Crippen LogP) is 4.32. The zero-order valence-corrected chi connectivity index (χ0v) is 10.6. The first-order valence-corrected chi connectivity index (χ1v) is 5.90. The van der Waals surface area contributed by atoms with E-state index in [2.05, 4.69) is 64.3 Å². The molecular formula is C14H12BrN. The van der Waals surface area contributed by atoms with Gasteiger partial charge in [-0.05, 0) is 51.7 Å². The molecular weight excluding hydrogens is 262 g/mol. The van der Waals surface area contributed by atoms with Crippen molar-refractivity contribution in [3.05, 3.63) is 63.9 Å². The number of hydrogen-bond donors (Lipinski definition) is 0. The highest BCUT2D eigenvalue weighted by atomic mass is 79.9. The van der Waals surface area contributed by atoms with Crippen molar-refractivity contribution in [2.24, 2.45) is 0 Å². The molecule has 16 heavy (non-hydrogen) atoms. The lowest BCUT2D eigenvalue weighted by Gasteiger charge is -1.98. The molecule has 0 saturated carbocycles. The van der Waals surface area contributed by atoms with Crippen molar-refractivity contribution in [1.82, 2.24) is 4.98 Å². The van der Waals surface area contributed by atoms with E-state index in [1.54, 1.807) is 6.20 Å². The van der Waals surface area contributed by atoms with Gasteiger partial charge < -0.3 is 0 Å². The molecule has 1 nitrogen and oxygen atoms in total. The second-order valence-corrected chi connectivity index (χ2v) is 4.41. The van der Waals surface area contributed by atoms with Gasteiger partial charge in [-0.1, -0.05) is 36.4 Å². The number of aryl methyl sites for hydroxylation is 1. The molecule has 0 aliphatic carbocycles. The average Bonchev–Trinajstić information content (AvgIpc) is 2.28. The highest BCUT2D eigenvalue weighted by Crippen LogP contribution is 2.14. The molecule has 2 aromatic rings. The molecule has 1 aromatic heterocycles. The Labute approximate surface area is 104 Å². The normalized spacial score (nSPS) is 10.9. The Hall–Kier alpha value is -1.41. The van der Waals surface area contributed by atoms with Crippen LogP contribution in [0, 0.1) is 6.92 Å². The van der Waals surface area contributed by atoms with Crippen LogP contribution in [0.2, 0.25) is 0 Å². The number of pyridine rings is 1. The van der Waals surface area contributed by atoms with Crippen LogP contribution in [0.5, 0.6) is 0 Å². The van der Waals surface area contributed by atoms with Crippen LogP contribution in [0.15, 0.2) is 47.2 Å². The van der Waals surface area contributed by atoms with E-state index in [4.69, 9.17) is 0 Å². The summed E-state index contributed by atoms with van der Waals surface area (Å²) in [4.78, 5) is 4.10. The molecule has 0 unspecified atom stereocenters. The van der Waals surface area contributed by atoms with Crippen molar-refractivity contribution in [3.63, 3.8) is 0 Å². The Balaban J connectivity index is 2.25. The number of aromatic nitrogens is 1. The van der Waals surface area contributed by atoms with E-state index in [1.165, 1.54) is 11.1 Å². The third-order valence-corrected chi connectivity index (χ3v) is 2.83. The average molecular weight is 274 g/mol. The second kappa shape index (κ2) is 5.08. The molecule has 0 radical (unpaired) electrons. The van der Waals surface area contributed by atoms with E-state index in [0.717, 1.165) is 10.2 Å². The van der Waals surface area contributed by atoms with Crippen LogP contribution in [0.3, 0.4) is 0 Å². The summed E-state index contributed by atoms with van der Waals surface area (Å²) in [7, 11) is 0. The molecule has 0 bridgehead atoms. The van der Waals surface area contributed by atoms with Gasteiger partial charge in [0.05, 0.1) is 0 Å². The smallest absolute Gasteiger partial charge is 0.106 e. The largest absolute Gasteiger partial charge is 0.249 e. The summed E-state index contributed by atoms with van der Waals surface area (Å²) in [5, 5.41) is 0. The second-order valence-electron chi connectivity index (χ2n) is 3.60. The van der Waals surface area contributed by atoms with Crippen molar-refractivity contribution in [2.45, 2.75) is 6.92 Å². The number of hydrogen-bond acceptors (Lipinski definition) is 1. The maximum Gasteiger partial charge on any atom is 0.106 e. The highest BCUT2D eigenvalue weighted by molar-refractivity contribution is 9.10. The lowest BCUT2D eigenvalue weighted by atomic mass is 10.1. The van der Waals surface area contributed by atoms with Crippen LogP contribution < -0.4 is 0 Å². The van der Waals surface area contributed by atoms with Gasteiger partial charge in [0, 0.05) is 6.20 Å². The zero-order valence-electron chi connectivity index (χ0n) is 9.02. The number of benzene rings is 1. The summed E-state index contributed by atoms with van der Waals surface area (Å²) in [6.45, 7) is 2.11. The number of halogens is 1. The molecule has 0 spiro atoms. The first-order valence-electron chi connectivity index (χ1n) is 5.11. The minimum Gasteiger partial charge on any atom is -0.249 e. The number of nitrogens with zero attached hydrogens (tertiary/aromatic N) is 1. The minimum atomic E-state index is 0.861. The minimum absolute atomic E-state index is 0.861. The topological polar surface area (TPSA) is 12.9 Å². The highest BCUT2D eigenvalue weighted by Gasteiger charge is 1.92. The first kappa shape index (κ1) is 11.1. The van der Waals surface area contributed by atoms with Gasteiger partial charge in [-0.3, -0.25) is 0 Å². The Kier molecular flexibility index (Phi) is 3.52. The van der Waals surface area contributed by atoms with Crippen molar-refractivity contribution in [3.8, 4) is 0 Å². The fourth-order valence-corrected chi connectivity index (χ4v) is 1.86. The van der Waals surface area contributed by atoms with Gasteiger partial charge in [0.25, 0.3) is 0 Å². The third kappa shape index (κ3) is 2.80. The predicted molar refractivity (Wildman–Crippen MR) is 72.0 cm³/mol. The molecule has 0 amide bonds. The van der Waals surface area contributed by atoms with Crippen molar-refractivity contribution < 1.29 is 0 Å². The van der Waals surface area contributed by atoms with E-state index in [-0.39, 0.29) is 0 Å². The Morgan fingerprint density at radius 3 is 2.69 bits per heavy atom. The quantitative estimate of drug-likeness (QED) is 0.743. The summed E-state index contributed by atoms with van der Waals surface area (Å²) in [5.41, 5.74) is 3.67. The van der Waals surface area contributed by atoms with Crippen LogP contribution in [0.4, 0.5) is 0 Å². The van der Waals surface area contributed by atoms with Gasteiger partial charge in [0.1, 0.15) is 4.60 Å². The van der Waals surface area contributed by atoms with Gasteiger partial charge in [0.2, 0.25) is 0 Å². The maximum atomic E-state index is 4.10. The first-order chi connectivity index (χ1) is 7.75. The van der Waals surface area contributed by atoms with Crippen LogP contribution in [0.25, 0.3) is 12.2 Å². The molecule has 2 heteroatoms.